The quantitative estimate of drug-likeness (QED) is 0.576. The van der Waals surface area contributed by atoms with Gasteiger partial charge in [-0.3, -0.25) is 4.68 Å². The molecule has 0 radical (unpaired) electrons. The van der Waals surface area contributed by atoms with Crippen molar-refractivity contribution in [3.63, 3.8) is 0 Å². The lowest BCUT2D eigenvalue weighted by Crippen LogP contribution is -2.23. The van der Waals surface area contributed by atoms with Crippen LogP contribution in [0.1, 0.15) is 11.1 Å². The van der Waals surface area contributed by atoms with E-state index >= 15 is 0 Å². The van der Waals surface area contributed by atoms with Crippen LogP contribution in [0, 0.1) is 0 Å². The summed E-state index contributed by atoms with van der Waals surface area (Å²) in [6.45, 7) is 0.910. The van der Waals surface area contributed by atoms with E-state index in [1.54, 1.807) is 24.4 Å². The van der Waals surface area contributed by atoms with Crippen molar-refractivity contribution in [3.8, 4) is 0 Å². The minimum absolute atomic E-state index is 0.206. The van der Waals surface area contributed by atoms with E-state index in [-0.39, 0.29) is 11.4 Å². The first-order chi connectivity index (χ1) is 11.9. The second-order valence-electron chi connectivity index (χ2n) is 5.42. The molecule has 0 spiro atoms. The molecule has 25 heavy (non-hydrogen) atoms. The van der Waals surface area contributed by atoms with Gasteiger partial charge in [0.25, 0.3) is 0 Å². The molecule has 0 bridgehead atoms. The monoisotopic (exact) mass is 483 g/mol. The van der Waals surface area contributed by atoms with Gasteiger partial charge in [0, 0.05) is 27.9 Å². The van der Waals surface area contributed by atoms with Gasteiger partial charge < -0.3 is 0 Å². The highest BCUT2D eigenvalue weighted by molar-refractivity contribution is 9.11. The normalized spacial score (nSPS) is 11.6. The van der Waals surface area contributed by atoms with Gasteiger partial charge in [-0.15, -0.1) is 0 Å². The van der Waals surface area contributed by atoms with Crippen LogP contribution in [0.3, 0.4) is 0 Å². The molecule has 0 unspecified atom stereocenters. The summed E-state index contributed by atoms with van der Waals surface area (Å²) in [4.78, 5) is 0.206. The number of benzene rings is 2. The zero-order chi connectivity index (χ0) is 17.9. The molecule has 0 aliphatic heterocycles. The average Bonchev–Trinajstić information content (AvgIpc) is 3.09. The molecular weight excluding hydrogens is 470 g/mol. The molecule has 0 fully saturated rings. The molecular formula is C17H15Br2N3O2S. The molecule has 5 nitrogen and oxygen atoms in total. The smallest absolute Gasteiger partial charge is 0.242 e. The predicted molar refractivity (Wildman–Crippen MR) is 104 cm³/mol. The predicted octanol–water partition coefficient (Wildman–Crippen LogP) is 3.93. The number of hydrogen-bond acceptors (Lipinski definition) is 3. The molecule has 0 atom stereocenters. The van der Waals surface area contributed by atoms with Crippen LogP contribution in [0.2, 0.25) is 0 Å². The molecule has 1 heterocycles. The van der Waals surface area contributed by atoms with Crippen LogP contribution in [0.5, 0.6) is 0 Å². The van der Waals surface area contributed by atoms with Crippen molar-refractivity contribution in [1.82, 2.24) is 14.5 Å². The molecule has 0 saturated heterocycles. The molecule has 0 aliphatic carbocycles. The maximum atomic E-state index is 12.5. The van der Waals surface area contributed by atoms with E-state index in [9.17, 15) is 8.42 Å². The standard InChI is InChI=1S/C17H15Br2N3O2S/c18-15-6-7-16(19)17(10-15)25(23,24)21-11-13-2-4-14(5-3-13)12-22-9-1-8-20-22/h1-10,21H,11-12H2. The maximum absolute atomic E-state index is 12.5. The summed E-state index contributed by atoms with van der Waals surface area (Å²) in [5.41, 5.74) is 1.99. The summed E-state index contributed by atoms with van der Waals surface area (Å²) >= 11 is 6.58. The molecule has 2 aromatic carbocycles. The van der Waals surface area contributed by atoms with Crippen molar-refractivity contribution >= 4 is 41.9 Å². The first kappa shape index (κ1) is 18.3. The Balaban J connectivity index is 1.67. The van der Waals surface area contributed by atoms with Crippen LogP contribution in [-0.2, 0) is 23.1 Å². The van der Waals surface area contributed by atoms with E-state index in [1.807, 2.05) is 41.2 Å². The number of sulfonamides is 1. The molecule has 1 aromatic heterocycles. The zero-order valence-electron chi connectivity index (χ0n) is 13.1. The highest BCUT2D eigenvalue weighted by Crippen LogP contribution is 2.25. The fraction of sp³-hybridized carbons (Fsp3) is 0.118. The molecule has 3 aromatic rings. The molecule has 0 aliphatic rings. The lowest BCUT2D eigenvalue weighted by Gasteiger charge is -2.10. The Bertz CT molecular complexity index is 956. The lowest BCUT2D eigenvalue weighted by atomic mass is 10.1. The van der Waals surface area contributed by atoms with Crippen LogP contribution in [0.15, 0.2) is 74.8 Å². The van der Waals surface area contributed by atoms with E-state index in [1.165, 1.54) is 0 Å². The summed E-state index contributed by atoms with van der Waals surface area (Å²) < 4.78 is 30.7. The fourth-order valence-electron chi connectivity index (χ4n) is 2.28. The zero-order valence-corrected chi connectivity index (χ0v) is 17.1. The second-order valence-corrected chi connectivity index (χ2v) is 8.92. The van der Waals surface area contributed by atoms with Gasteiger partial charge in [0.2, 0.25) is 10.0 Å². The van der Waals surface area contributed by atoms with Crippen molar-refractivity contribution in [2.45, 2.75) is 18.0 Å². The van der Waals surface area contributed by atoms with Crippen LogP contribution >= 0.6 is 31.9 Å². The van der Waals surface area contributed by atoms with Crippen molar-refractivity contribution in [3.05, 3.63) is 81.0 Å². The minimum Gasteiger partial charge on any atom is -0.268 e. The number of rotatable bonds is 6. The van der Waals surface area contributed by atoms with Crippen LogP contribution in [0.4, 0.5) is 0 Å². The number of nitrogens with one attached hydrogen (secondary N) is 1. The van der Waals surface area contributed by atoms with Crippen molar-refractivity contribution < 1.29 is 8.42 Å². The molecule has 0 amide bonds. The molecule has 3 rings (SSSR count). The van der Waals surface area contributed by atoms with Crippen molar-refractivity contribution in [2.75, 3.05) is 0 Å². The summed E-state index contributed by atoms with van der Waals surface area (Å²) in [6, 6.07) is 14.7. The summed E-state index contributed by atoms with van der Waals surface area (Å²) in [6.07, 6.45) is 3.64. The maximum Gasteiger partial charge on any atom is 0.242 e. The fourth-order valence-corrected chi connectivity index (χ4v) is 4.80. The van der Waals surface area contributed by atoms with Gasteiger partial charge in [-0.05, 0) is 51.3 Å². The van der Waals surface area contributed by atoms with Gasteiger partial charge in [-0.25, -0.2) is 13.1 Å². The second kappa shape index (κ2) is 7.82. The van der Waals surface area contributed by atoms with E-state index in [0.717, 1.165) is 11.1 Å². The lowest BCUT2D eigenvalue weighted by molar-refractivity contribution is 0.580. The molecule has 8 heteroatoms. The SMILES string of the molecule is O=S(=O)(NCc1ccc(Cn2cccn2)cc1)c1cc(Br)ccc1Br. The number of nitrogens with zero attached hydrogens (tertiary/aromatic N) is 2. The van der Waals surface area contributed by atoms with Crippen LogP contribution < -0.4 is 4.72 Å². The Morgan fingerprint density at radius 2 is 1.76 bits per heavy atom. The Hall–Kier alpha value is -1.48. The van der Waals surface area contributed by atoms with Gasteiger partial charge in [0.1, 0.15) is 0 Å². The summed E-state index contributed by atoms with van der Waals surface area (Å²) in [7, 11) is -3.60. The van der Waals surface area contributed by atoms with E-state index in [2.05, 4.69) is 41.7 Å². The number of hydrogen-bond donors (Lipinski definition) is 1. The molecule has 0 saturated carbocycles. The van der Waals surface area contributed by atoms with E-state index in [4.69, 9.17) is 0 Å². The molecule has 130 valence electrons. The van der Waals surface area contributed by atoms with Crippen molar-refractivity contribution in [1.29, 1.82) is 0 Å². The van der Waals surface area contributed by atoms with Crippen LogP contribution in [-0.4, -0.2) is 18.2 Å². The van der Waals surface area contributed by atoms with E-state index < -0.39 is 10.0 Å². The van der Waals surface area contributed by atoms with Gasteiger partial charge in [-0.1, -0.05) is 40.2 Å². The highest BCUT2D eigenvalue weighted by atomic mass is 79.9. The number of halogens is 2. The number of aromatic nitrogens is 2. The Morgan fingerprint density at radius 1 is 1.04 bits per heavy atom. The first-order valence-electron chi connectivity index (χ1n) is 7.44. The van der Waals surface area contributed by atoms with Crippen LogP contribution in [0.25, 0.3) is 0 Å². The topological polar surface area (TPSA) is 64.0 Å². The third kappa shape index (κ3) is 4.78. The van der Waals surface area contributed by atoms with Crippen molar-refractivity contribution in [2.24, 2.45) is 0 Å². The van der Waals surface area contributed by atoms with Gasteiger partial charge in [0.15, 0.2) is 0 Å². The first-order valence-corrected chi connectivity index (χ1v) is 10.5. The minimum atomic E-state index is -3.60. The average molecular weight is 485 g/mol. The summed E-state index contributed by atoms with van der Waals surface area (Å²) in [5.74, 6) is 0. The van der Waals surface area contributed by atoms with Gasteiger partial charge in [-0.2, -0.15) is 5.10 Å². The Kier molecular flexibility index (Phi) is 5.73. The molecule has 1 N–H and O–H groups in total. The van der Waals surface area contributed by atoms with Gasteiger partial charge >= 0.3 is 0 Å². The van der Waals surface area contributed by atoms with Gasteiger partial charge in [0.05, 0.1) is 11.4 Å². The summed E-state index contributed by atoms with van der Waals surface area (Å²) in [5, 5.41) is 4.17. The third-order valence-corrected chi connectivity index (χ3v) is 6.46. The highest BCUT2D eigenvalue weighted by Gasteiger charge is 2.17. The largest absolute Gasteiger partial charge is 0.268 e. The third-order valence-electron chi connectivity index (χ3n) is 3.58. The Morgan fingerprint density at radius 3 is 2.44 bits per heavy atom. The Labute approximate surface area is 163 Å². The van der Waals surface area contributed by atoms with E-state index in [0.29, 0.717) is 15.5 Å².